The van der Waals surface area contributed by atoms with E-state index in [4.69, 9.17) is 5.11 Å². The van der Waals surface area contributed by atoms with Gasteiger partial charge in [-0.1, -0.05) is 12.8 Å². The van der Waals surface area contributed by atoms with E-state index in [0.717, 1.165) is 25.7 Å². The number of sulfonamides is 1. The van der Waals surface area contributed by atoms with Crippen LogP contribution in [0.1, 0.15) is 38.2 Å². The number of hydrogen-bond donors (Lipinski definition) is 1. The van der Waals surface area contributed by atoms with Gasteiger partial charge in [-0.05, 0) is 36.8 Å². The quantitative estimate of drug-likeness (QED) is 0.928. The van der Waals surface area contributed by atoms with Gasteiger partial charge in [0.25, 0.3) is 10.0 Å². The van der Waals surface area contributed by atoms with Gasteiger partial charge in [0.15, 0.2) is 0 Å². The molecule has 18 heavy (non-hydrogen) atoms. The molecular formula is C12H19NO3S2. The normalized spacial score (nSPS) is 22.9. The lowest BCUT2D eigenvalue weighted by molar-refractivity contribution is 0.282. The zero-order valence-electron chi connectivity index (χ0n) is 10.5. The monoisotopic (exact) mass is 289 g/mol. The Morgan fingerprint density at radius 3 is 2.89 bits per heavy atom. The summed E-state index contributed by atoms with van der Waals surface area (Å²) in [5, 5.41) is 10.7. The molecule has 1 saturated heterocycles. The highest BCUT2D eigenvalue weighted by atomic mass is 32.2. The Hall–Kier alpha value is -0.430. The number of nitrogens with zero attached hydrogens (tertiary/aromatic N) is 1. The first-order chi connectivity index (χ1) is 8.55. The predicted octanol–water partition coefficient (Wildman–Crippen LogP) is 2.19. The summed E-state index contributed by atoms with van der Waals surface area (Å²) in [6.07, 6.45) is 4.06. The molecule has 0 saturated carbocycles. The first kappa shape index (κ1) is 14.0. The van der Waals surface area contributed by atoms with Crippen LogP contribution in [0, 0.1) is 0 Å². The van der Waals surface area contributed by atoms with Gasteiger partial charge in [0, 0.05) is 12.6 Å². The molecule has 1 fully saturated rings. The van der Waals surface area contributed by atoms with Gasteiger partial charge < -0.3 is 5.11 Å². The van der Waals surface area contributed by atoms with Crippen molar-refractivity contribution in [2.75, 3.05) is 6.54 Å². The van der Waals surface area contributed by atoms with Crippen LogP contribution in [0.4, 0.5) is 0 Å². The van der Waals surface area contributed by atoms with Crippen molar-refractivity contribution in [1.29, 1.82) is 0 Å². The van der Waals surface area contributed by atoms with Crippen LogP contribution in [-0.4, -0.2) is 30.4 Å². The van der Waals surface area contributed by atoms with Crippen molar-refractivity contribution in [2.24, 2.45) is 0 Å². The molecule has 1 unspecified atom stereocenters. The number of aliphatic hydroxyl groups excluding tert-OH is 1. The molecule has 0 radical (unpaired) electrons. The van der Waals surface area contributed by atoms with Crippen LogP contribution >= 0.6 is 11.3 Å². The Bertz CT molecular complexity index is 495. The maximum absolute atomic E-state index is 12.5. The molecular weight excluding hydrogens is 270 g/mol. The molecule has 6 heteroatoms. The molecule has 1 aromatic heterocycles. The summed E-state index contributed by atoms with van der Waals surface area (Å²) in [6.45, 7) is 2.47. The van der Waals surface area contributed by atoms with Crippen LogP contribution in [0.3, 0.4) is 0 Å². The summed E-state index contributed by atoms with van der Waals surface area (Å²) in [4.78, 5) is 0. The Balaban J connectivity index is 2.28. The number of hydrogen-bond acceptors (Lipinski definition) is 4. The van der Waals surface area contributed by atoms with Crippen molar-refractivity contribution in [3.05, 3.63) is 17.0 Å². The smallest absolute Gasteiger partial charge is 0.252 e. The van der Waals surface area contributed by atoms with Gasteiger partial charge >= 0.3 is 0 Å². The number of rotatable bonds is 3. The van der Waals surface area contributed by atoms with E-state index in [2.05, 4.69) is 0 Å². The van der Waals surface area contributed by atoms with E-state index in [-0.39, 0.29) is 12.6 Å². The van der Waals surface area contributed by atoms with Crippen molar-refractivity contribution in [3.63, 3.8) is 0 Å². The third-order valence-corrected chi connectivity index (χ3v) is 6.84. The van der Waals surface area contributed by atoms with Gasteiger partial charge in [-0.3, -0.25) is 0 Å². The van der Waals surface area contributed by atoms with Crippen molar-refractivity contribution < 1.29 is 13.5 Å². The Morgan fingerprint density at radius 2 is 2.22 bits per heavy atom. The van der Waals surface area contributed by atoms with Crippen molar-refractivity contribution in [3.8, 4) is 0 Å². The zero-order valence-corrected chi connectivity index (χ0v) is 12.1. The Kier molecular flexibility index (Phi) is 4.42. The van der Waals surface area contributed by atoms with E-state index >= 15 is 0 Å². The van der Waals surface area contributed by atoms with Crippen molar-refractivity contribution >= 4 is 21.4 Å². The molecule has 1 N–H and O–H groups in total. The maximum atomic E-state index is 12.5. The molecule has 2 heterocycles. The molecule has 0 bridgehead atoms. The zero-order chi connectivity index (χ0) is 13.2. The highest BCUT2D eigenvalue weighted by Gasteiger charge is 2.30. The van der Waals surface area contributed by atoms with Crippen LogP contribution in [-0.2, 0) is 16.6 Å². The second-order valence-corrected chi connectivity index (χ2v) is 7.77. The van der Waals surface area contributed by atoms with Crippen molar-refractivity contribution in [1.82, 2.24) is 4.31 Å². The topological polar surface area (TPSA) is 57.6 Å². The summed E-state index contributed by atoms with van der Waals surface area (Å²) in [5.41, 5.74) is 0.668. The van der Waals surface area contributed by atoms with Gasteiger partial charge in [-0.15, -0.1) is 11.3 Å². The van der Waals surface area contributed by atoms with Crippen LogP contribution in [0.15, 0.2) is 15.7 Å². The molecule has 2 rings (SSSR count). The fraction of sp³-hybridized carbons (Fsp3) is 0.667. The van der Waals surface area contributed by atoms with E-state index in [1.165, 1.54) is 11.3 Å². The lowest BCUT2D eigenvalue weighted by Gasteiger charge is -2.25. The molecule has 0 spiro atoms. The summed E-state index contributed by atoms with van der Waals surface area (Å²) in [6, 6.07) is 1.65. The highest BCUT2D eigenvalue weighted by molar-refractivity contribution is 7.91. The first-order valence-electron chi connectivity index (χ1n) is 6.26. The van der Waals surface area contributed by atoms with Crippen LogP contribution in [0.25, 0.3) is 0 Å². The van der Waals surface area contributed by atoms with E-state index < -0.39 is 10.0 Å². The average molecular weight is 289 g/mol. The van der Waals surface area contributed by atoms with Gasteiger partial charge in [0.05, 0.1) is 6.61 Å². The molecule has 0 aromatic carbocycles. The minimum absolute atomic E-state index is 0.0668. The summed E-state index contributed by atoms with van der Waals surface area (Å²) in [5.74, 6) is 0. The van der Waals surface area contributed by atoms with Gasteiger partial charge in [0.1, 0.15) is 4.21 Å². The second-order valence-electron chi connectivity index (χ2n) is 4.75. The molecule has 1 aromatic rings. The fourth-order valence-corrected chi connectivity index (χ4v) is 5.32. The SMILES string of the molecule is CC1CCCCCN1S(=O)(=O)c1cc(CO)cs1. The average Bonchev–Trinajstić information content (AvgIpc) is 2.72. The summed E-state index contributed by atoms with van der Waals surface area (Å²) < 4.78 is 27.0. The molecule has 102 valence electrons. The van der Waals surface area contributed by atoms with E-state index in [9.17, 15) is 8.42 Å². The minimum Gasteiger partial charge on any atom is -0.392 e. The second kappa shape index (κ2) is 5.69. The number of aliphatic hydroxyl groups is 1. The molecule has 1 aliphatic rings. The lowest BCUT2D eigenvalue weighted by Crippen LogP contribution is -2.37. The maximum Gasteiger partial charge on any atom is 0.252 e. The minimum atomic E-state index is -3.38. The molecule has 4 nitrogen and oxygen atoms in total. The van der Waals surface area contributed by atoms with Crippen LogP contribution < -0.4 is 0 Å². The van der Waals surface area contributed by atoms with Crippen molar-refractivity contribution in [2.45, 2.75) is 49.5 Å². The summed E-state index contributed by atoms with van der Waals surface area (Å²) in [7, 11) is -3.38. The predicted molar refractivity (Wildman–Crippen MR) is 72.1 cm³/mol. The highest BCUT2D eigenvalue weighted by Crippen LogP contribution is 2.28. The molecule has 1 aliphatic heterocycles. The number of thiophene rings is 1. The Morgan fingerprint density at radius 1 is 1.44 bits per heavy atom. The van der Waals surface area contributed by atoms with Crippen LogP contribution in [0.2, 0.25) is 0 Å². The Labute approximate surface area is 112 Å². The van der Waals surface area contributed by atoms with Gasteiger partial charge in [-0.2, -0.15) is 4.31 Å². The van der Waals surface area contributed by atoms with E-state index in [1.807, 2.05) is 6.92 Å². The van der Waals surface area contributed by atoms with E-state index in [0.29, 0.717) is 16.3 Å². The van der Waals surface area contributed by atoms with Gasteiger partial charge in [0.2, 0.25) is 0 Å². The molecule has 1 atom stereocenters. The third-order valence-electron chi connectivity index (χ3n) is 3.37. The lowest BCUT2D eigenvalue weighted by atomic mass is 10.1. The van der Waals surface area contributed by atoms with Crippen LogP contribution in [0.5, 0.6) is 0 Å². The fourth-order valence-electron chi connectivity index (χ4n) is 2.29. The molecule has 0 amide bonds. The third kappa shape index (κ3) is 2.77. The standard InChI is InChI=1S/C12H19NO3S2/c1-10-5-3-2-4-6-13(10)18(15,16)12-7-11(8-14)9-17-12/h7,9-10,14H,2-6,8H2,1H3. The molecule has 0 aliphatic carbocycles. The summed E-state index contributed by atoms with van der Waals surface area (Å²) >= 11 is 1.19. The van der Waals surface area contributed by atoms with Gasteiger partial charge in [-0.25, -0.2) is 8.42 Å². The first-order valence-corrected chi connectivity index (χ1v) is 8.58. The largest absolute Gasteiger partial charge is 0.392 e. The van der Waals surface area contributed by atoms with E-state index in [1.54, 1.807) is 15.8 Å².